The van der Waals surface area contributed by atoms with E-state index in [2.05, 4.69) is 57.1 Å². The van der Waals surface area contributed by atoms with Crippen LogP contribution in [-0.4, -0.2) is 60.2 Å². The van der Waals surface area contributed by atoms with Crippen LogP contribution in [0.4, 0.5) is 17.2 Å². The first-order valence-corrected chi connectivity index (χ1v) is 11.9. The predicted octanol–water partition coefficient (Wildman–Crippen LogP) is 3.73. The molecule has 0 radical (unpaired) electrons. The van der Waals surface area contributed by atoms with Crippen molar-refractivity contribution < 1.29 is 14.3 Å². The highest BCUT2D eigenvalue weighted by molar-refractivity contribution is 5.87. The topological polar surface area (TPSA) is 79.8 Å². The van der Waals surface area contributed by atoms with E-state index in [0.717, 1.165) is 71.6 Å². The summed E-state index contributed by atoms with van der Waals surface area (Å²) < 4.78 is 11.7. The number of morpholine rings is 1. The van der Waals surface area contributed by atoms with E-state index < -0.39 is 0 Å². The number of benzene rings is 1. The third kappa shape index (κ3) is 4.10. The number of anilines is 3. The number of aromatic nitrogens is 2. The maximum atomic E-state index is 11.7. The number of ether oxygens (including phenoxy) is 2. The number of rotatable bonds is 4. The molecule has 6 rings (SSSR count). The van der Waals surface area contributed by atoms with Gasteiger partial charge in [-0.05, 0) is 35.9 Å². The normalized spacial score (nSPS) is 17.3. The van der Waals surface area contributed by atoms with Crippen LogP contribution in [0.1, 0.15) is 17.2 Å². The number of likely N-dealkylation sites (tertiary alicyclic amines) is 1. The summed E-state index contributed by atoms with van der Waals surface area (Å²) in [6.45, 7) is 8.57. The zero-order valence-corrected chi connectivity index (χ0v) is 19.4. The second kappa shape index (κ2) is 9.03. The van der Waals surface area contributed by atoms with Crippen molar-refractivity contribution in [2.24, 2.45) is 0 Å². The SMILES string of the molecule is C=CC(=O)N1CC(c2ccc(-c3ccc4c(c3)Nc3nccc(N5CCOCC5)c3CO4)cn2)C1. The quantitative estimate of drug-likeness (QED) is 0.583. The van der Waals surface area contributed by atoms with Gasteiger partial charge in [0.25, 0.3) is 0 Å². The lowest BCUT2D eigenvalue weighted by atomic mass is 9.94. The molecule has 0 spiro atoms. The summed E-state index contributed by atoms with van der Waals surface area (Å²) in [6, 6.07) is 12.3. The molecule has 8 heteroatoms. The summed E-state index contributed by atoms with van der Waals surface area (Å²) >= 11 is 0. The average molecular weight is 470 g/mol. The van der Waals surface area contributed by atoms with Crippen LogP contribution in [-0.2, 0) is 16.1 Å². The fraction of sp³-hybridized carbons (Fsp3) is 0.296. The Hall–Kier alpha value is -3.91. The van der Waals surface area contributed by atoms with Gasteiger partial charge >= 0.3 is 0 Å². The maximum absolute atomic E-state index is 11.7. The second-order valence-electron chi connectivity index (χ2n) is 9.00. The first-order valence-electron chi connectivity index (χ1n) is 11.9. The number of amides is 1. The minimum Gasteiger partial charge on any atom is -0.487 e. The molecular formula is C27H27N5O3. The van der Waals surface area contributed by atoms with Gasteiger partial charge in [-0.25, -0.2) is 4.98 Å². The van der Waals surface area contributed by atoms with Crippen molar-refractivity contribution in [1.29, 1.82) is 0 Å². The summed E-state index contributed by atoms with van der Waals surface area (Å²) in [4.78, 5) is 25.1. The lowest BCUT2D eigenvalue weighted by molar-refractivity contribution is -0.130. The van der Waals surface area contributed by atoms with Crippen molar-refractivity contribution in [3.05, 3.63) is 72.7 Å². The van der Waals surface area contributed by atoms with E-state index in [9.17, 15) is 4.79 Å². The summed E-state index contributed by atoms with van der Waals surface area (Å²) in [7, 11) is 0. The van der Waals surface area contributed by atoms with Crippen molar-refractivity contribution in [2.75, 3.05) is 49.6 Å². The van der Waals surface area contributed by atoms with E-state index in [4.69, 9.17) is 9.47 Å². The third-order valence-electron chi connectivity index (χ3n) is 6.89. The molecule has 1 aromatic carbocycles. The monoisotopic (exact) mass is 469 g/mol. The largest absolute Gasteiger partial charge is 0.487 e. The van der Waals surface area contributed by atoms with Crippen LogP contribution < -0.4 is 15.0 Å². The van der Waals surface area contributed by atoms with Gasteiger partial charge in [0.05, 0.1) is 24.5 Å². The Bertz CT molecular complexity index is 1260. The minimum atomic E-state index is -0.0225. The molecular weight excluding hydrogens is 442 g/mol. The Kier molecular flexibility index (Phi) is 5.58. The fourth-order valence-corrected chi connectivity index (χ4v) is 4.84. The molecule has 2 aromatic heterocycles. The fourth-order valence-electron chi connectivity index (χ4n) is 4.84. The molecule has 8 nitrogen and oxygen atoms in total. The van der Waals surface area contributed by atoms with Gasteiger partial charge in [0.15, 0.2) is 0 Å². The summed E-state index contributed by atoms with van der Waals surface area (Å²) in [5.74, 6) is 1.87. The predicted molar refractivity (Wildman–Crippen MR) is 134 cm³/mol. The van der Waals surface area contributed by atoms with Gasteiger partial charge in [0.1, 0.15) is 18.2 Å². The van der Waals surface area contributed by atoms with E-state index in [0.29, 0.717) is 19.7 Å². The van der Waals surface area contributed by atoms with Crippen LogP contribution in [0.15, 0.2) is 61.4 Å². The molecule has 0 aliphatic carbocycles. The van der Waals surface area contributed by atoms with Crippen LogP contribution in [0.3, 0.4) is 0 Å². The number of carbonyl (C=O) groups is 1. The standard InChI is InChI=1S/C27H27N5O3/c1-2-26(33)32-15-20(16-32)22-5-3-19(14-29-22)18-4-6-25-23(13-18)30-27-21(17-35-25)24(7-8-28-27)31-9-11-34-12-10-31/h2-8,13-14,20H,1,9-12,15-17H2,(H,28,30). The van der Waals surface area contributed by atoms with Crippen molar-refractivity contribution in [3.63, 3.8) is 0 Å². The smallest absolute Gasteiger partial charge is 0.245 e. The number of hydrogen-bond donors (Lipinski definition) is 1. The lowest BCUT2D eigenvalue weighted by Crippen LogP contribution is -2.48. The van der Waals surface area contributed by atoms with Gasteiger partial charge < -0.3 is 24.6 Å². The second-order valence-corrected chi connectivity index (χ2v) is 9.00. The number of nitrogens with one attached hydrogen (secondary N) is 1. The first kappa shape index (κ1) is 21.6. The molecule has 1 N–H and O–H groups in total. The van der Waals surface area contributed by atoms with Crippen molar-refractivity contribution in [3.8, 4) is 16.9 Å². The van der Waals surface area contributed by atoms with E-state index in [1.54, 1.807) is 4.90 Å². The minimum absolute atomic E-state index is 0.0225. The van der Waals surface area contributed by atoms with E-state index >= 15 is 0 Å². The Labute approximate surface area is 204 Å². The number of pyridine rings is 2. The van der Waals surface area contributed by atoms with Crippen molar-refractivity contribution in [2.45, 2.75) is 12.5 Å². The van der Waals surface area contributed by atoms with Crippen molar-refractivity contribution in [1.82, 2.24) is 14.9 Å². The summed E-state index contributed by atoms with van der Waals surface area (Å²) in [5, 5.41) is 3.50. The van der Waals surface area contributed by atoms with Crippen LogP contribution in [0.2, 0.25) is 0 Å². The average Bonchev–Trinajstić information content (AvgIpc) is 3.07. The maximum Gasteiger partial charge on any atom is 0.245 e. The molecule has 0 bridgehead atoms. The molecule has 178 valence electrons. The first-order chi connectivity index (χ1) is 17.2. The number of hydrogen-bond acceptors (Lipinski definition) is 7. The highest BCUT2D eigenvalue weighted by Gasteiger charge is 2.31. The van der Waals surface area contributed by atoms with Crippen molar-refractivity contribution >= 4 is 23.1 Å². The van der Waals surface area contributed by atoms with Crippen LogP contribution >= 0.6 is 0 Å². The summed E-state index contributed by atoms with van der Waals surface area (Å²) in [6.07, 6.45) is 5.10. The Balaban J connectivity index is 1.22. The Morgan fingerprint density at radius 1 is 1.09 bits per heavy atom. The van der Waals surface area contributed by atoms with Crippen LogP contribution in [0.25, 0.3) is 11.1 Å². The van der Waals surface area contributed by atoms with Gasteiger partial charge in [0, 0.05) is 61.4 Å². The lowest BCUT2D eigenvalue weighted by Gasteiger charge is -2.38. The molecule has 2 fully saturated rings. The van der Waals surface area contributed by atoms with Gasteiger partial charge in [0.2, 0.25) is 5.91 Å². The number of nitrogens with zero attached hydrogens (tertiary/aromatic N) is 4. The van der Waals surface area contributed by atoms with E-state index in [1.807, 2.05) is 18.5 Å². The molecule has 0 saturated carbocycles. The molecule has 35 heavy (non-hydrogen) atoms. The van der Waals surface area contributed by atoms with Gasteiger partial charge in [-0.3, -0.25) is 9.78 Å². The zero-order valence-electron chi connectivity index (χ0n) is 19.4. The zero-order chi connectivity index (χ0) is 23.8. The van der Waals surface area contributed by atoms with E-state index in [1.165, 1.54) is 6.08 Å². The summed E-state index contributed by atoms with van der Waals surface area (Å²) in [5.41, 5.74) is 6.16. The number of fused-ring (bicyclic) bond motifs is 2. The Morgan fingerprint density at radius 2 is 1.91 bits per heavy atom. The van der Waals surface area contributed by atoms with E-state index in [-0.39, 0.29) is 11.8 Å². The molecule has 2 saturated heterocycles. The van der Waals surface area contributed by atoms with Gasteiger partial charge in [-0.15, -0.1) is 0 Å². The van der Waals surface area contributed by atoms with Gasteiger partial charge in [-0.1, -0.05) is 18.7 Å². The molecule has 0 unspecified atom stereocenters. The highest BCUT2D eigenvalue weighted by atomic mass is 16.5. The molecule has 3 aliphatic rings. The molecule has 3 aliphatic heterocycles. The molecule has 5 heterocycles. The third-order valence-corrected chi connectivity index (χ3v) is 6.89. The highest BCUT2D eigenvalue weighted by Crippen LogP contribution is 2.39. The molecule has 1 amide bonds. The Morgan fingerprint density at radius 3 is 2.69 bits per heavy atom. The molecule has 0 atom stereocenters. The number of carbonyl (C=O) groups excluding carboxylic acids is 1. The van der Waals surface area contributed by atoms with Crippen LogP contribution in [0, 0.1) is 0 Å². The van der Waals surface area contributed by atoms with Crippen LogP contribution in [0.5, 0.6) is 5.75 Å². The van der Waals surface area contributed by atoms with Gasteiger partial charge in [-0.2, -0.15) is 0 Å². The molecule has 3 aromatic rings.